The first-order valence-corrected chi connectivity index (χ1v) is 8.58. The molecule has 0 saturated heterocycles. The lowest BCUT2D eigenvalue weighted by atomic mass is 9.82. The maximum absolute atomic E-state index is 11.3. The molecule has 20 heavy (non-hydrogen) atoms. The van der Waals surface area contributed by atoms with Crippen LogP contribution in [0.15, 0.2) is 30.3 Å². The summed E-state index contributed by atoms with van der Waals surface area (Å²) >= 11 is 0. The molecule has 0 spiro atoms. The van der Waals surface area contributed by atoms with Gasteiger partial charge in [-0.3, -0.25) is 0 Å². The highest BCUT2D eigenvalue weighted by molar-refractivity contribution is 5.25. The molecule has 1 aromatic rings. The maximum atomic E-state index is 11.3. The second kappa shape index (κ2) is 6.30. The van der Waals surface area contributed by atoms with Crippen molar-refractivity contribution >= 4 is 0 Å². The van der Waals surface area contributed by atoms with Gasteiger partial charge in [0.2, 0.25) is 0 Å². The van der Waals surface area contributed by atoms with Crippen molar-refractivity contribution in [3.8, 4) is 0 Å². The zero-order valence-corrected chi connectivity index (χ0v) is 12.6. The van der Waals surface area contributed by atoms with Gasteiger partial charge in [0.25, 0.3) is 0 Å². The number of aliphatic hydroxyl groups is 1. The van der Waals surface area contributed by atoms with Crippen LogP contribution < -0.4 is 0 Å². The average molecular weight is 272 g/mol. The predicted octanol–water partition coefficient (Wildman–Crippen LogP) is 5.03. The second-order valence-electron chi connectivity index (χ2n) is 6.91. The van der Waals surface area contributed by atoms with Crippen LogP contribution in [0.4, 0.5) is 0 Å². The number of benzene rings is 1. The summed E-state index contributed by atoms with van der Waals surface area (Å²) in [5.41, 5.74) is 0.607. The van der Waals surface area contributed by atoms with E-state index in [9.17, 15) is 5.11 Å². The van der Waals surface area contributed by atoms with E-state index in [0.717, 1.165) is 17.9 Å². The largest absolute Gasteiger partial charge is 0.385 e. The fraction of sp³-hybridized carbons (Fsp3) is 0.684. The molecule has 0 radical (unpaired) electrons. The lowest BCUT2D eigenvalue weighted by molar-refractivity contribution is -0.00431. The molecule has 2 aliphatic carbocycles. The summed E-state index contributed by atoms with van der Waals surface area (Å²) in [6.07, 6.45) is 12.9. The lowest BCUT2D eigenvalue weighted by Gasteiger charge is -2.30. The normalized spacial score (nSPS) is 35.5. The Morgan fingerprint density at radius 2 is 1.50 bits per heavy atom. The SMILES string of the molecule is O[C@@]1(c2ccccc2)CCCCCCCCC[C@H]2C[C@@H]21. The molecular formula is C19H28O. The number of hydrogen-bond donors (Lipinski definition) is 1. The van der Waals surface area contributed by atoms with E-state index >= 15 is 0 Å². The minimum Gasteiger partial charge on any atom is -0.385 e. The molecule has 0 unspecified atom stereocenters. The summed E-state index contributed by atoms with van der Waals surface area (Å²) in [6, 6.07) is 10.4. The smallest absolute Gasteiger partial charge is 0.0927 e. The van der Waals surface area contributed by atoms with Crippen molar-refractivity contribution < 1.29 is 5.11 Å². The van der Waals surface area contributed by atoms with Crippen molar-refractivity contribution in [3.05, 3.63) is 35.9 Å². The van der Waals surface area contributed by atoms with E-state index in [4.69, 9.17) is 0 Å². The molecule has 3 rings (SSSR count). The van der Waals surface area contributed by atoms with Crippen LogP contribution in [0.3, 0.4) is 0 Å². The first-order valence-electron chi connectivity index (χ1n) is 8.58. The molecule has 0 aromatic heterocycles. The topological polar surface area (TPSA) is 20.2 Å². The number of rotatable bonds is 1. The summed E-state index contributed by atoms with van der Waals surface area (Å²) in [5.74, 6) is 1.30. The Morgan fingerprint density at radius 1 is 0.850 bits per heavy atom. The van der Waals surface area contributed by atoms with Crippen LogP contribution >= 0.6 is 0 Å². The van der Waals surface area contributed by atoms with Crippen LogP contribution in [-0.2, 0) is 5.60 Å². The number of hydrogen-bond acceptors (Lipinski definition) is 1. The Hall–Kier alpha value is -0.820. The van der Waals surface area contributed by atoms with Gasteiger partial charge >= 0.3 is 0 Å². The molecule has 0 heterocycles. The highest BCUT2D eigenvalue weighted by Crippen LogP contribution is 2.55. The molecular weight excluding hydrogens is 244 g/mol. The third-order valence-electron chi connectivity index (χ3n) is 5.44. The van der Waals surface area contributed by atoms with Crippen molar-refractivity contribution in [3.63, 3.8) is 0 Å². The van der Waals surface area contributed by atoms with Crippen molar-refractivity contribution in [1.82, 2.24) is 0 Å². The highest BCUT2D eigenvalue weighted by Gasteiger charge is 2.51. The van der Waals surface area contributed by atoms with Crippen molar-refractivity contribution in [2.45, 2.75) is 69.8 Å². The van der Waals surface area contributed by atoms with E-state index in [1.165, 1.54) is 57.8 Å². The molecule has 2 saturated carbocycles. The van der Waals surface area contributed by atoms with Gasteiger partial charge in [0.1, 0.15) is 0 Å². The Morgan fingerprint density at radius 3 is 2.25 bits per heavy atom. The molecule has 1 nitrogen and oxygen atoms in total. The quantitative estimate of drug-likeness (QED) is 0.759. The third-order valence-corrected chi connectivity index (χ3v) is 5.44. The lowest BCUT2D eigenvalue weighted by Crippen LogP contribution is -2.29. The second-order valence-corrected chi connectivity index (χ2v) is 6.91. The third kappa shape index (κ3) is 3.09. The Bertz CT molecular complexity index is 413. The molecule has 2 fully saturated rings. The van der Waals surface area contributed by atoms with Crippen LogP contribution in [0.1, 0.15) is 69.8 Å². The van der Waals surface area contributed by atoms with Crippen LogP contribution in [0, 0.1) is 11.8 Å². The van der Waals surface area contributed by atoms with Gasteiger partial charge in [-0.05, 0) is 30.2 Å². The molecule has 1 heteroatoms. The standard InChI is InChI=1S/C19H28O/c20-19(17-12-8-6-9-13-17)14-10-5-3-1-2-4-7-11-16-15-18(16)19/h6,8-9,12-13,16,18,20H,1-5,7,10-11,14-15H2/t16-,18-,19+/m0/s1. The first kappa shape index (κ1) is 14.1. The maximum Gasteiger partial charge on any atom is 0.0927 e. The summed E-state index contributed by atoms with van der Waals surface area (Å²) in [5, 5.41) is 11.3. The molecule has 110 valence electrons. The van der Waals surface area contributed by atoms with E-state index < -0.39 is 5.60 Å². The van der Waals surface area contributed by atoms with Gasteiger partial charge in [-0.25, -0.2) is 0 Å². The Labute approximate surface area is 123 Å². The molecule has 0 aliphatic heterocycles. The van der Waals surface area contributed by atoms with Crippen LogP contribution in [0.5, 0.6) is 0 Å². The summed E-state index contributed by atoms with van der Waals surface area (Å²) in [7, 11) is 0. The average Bonchev–Trinajstić information content (AvgIpc) is 3.25. The van der Waals surface area contributed by atoms with E-state index in [0.29, 0.717) is 5.92 Å². The molecule has 1 N–H and O–H groups in total. The van der Waals surface area contributed by atoms with Gasteiger partial charge in [0.15, 0.2) is 0 Å². The summed E-state index contributed by atoms with van der Waals surface area (Å²) < 4.78 is 0. The van der Waals surface area contributed by atoms with E-state index in [1.54, 1.807) is 0 Å². The molecule has 3 atom stereocenters. The van der Waals surface area contributed by atoms with E-state index in [-0.39, 0.29) is 0 Å². The molecule has 2 aliphatic rings. The van der Waals surface area contributed by atoms with Gasteiger partial charge in [0.05, 0.1) is 5.60 Å². The molecule has 1 aromatic carbocycles. The summed E-state index contributed by atoms with van der Waals surface area (Å²) in [6.45, 7) is 0. The fourth-order valence-electron chi connectivity index (χ4n) is 4.11. The minimum absolute atomic E-state index is 0.518. The van der Waals surface area contributed by atoms with E-state index in [1.807, 2.05) is 6.07 Å². The molecule has 0 bridgehead atoms. The zero-order chi connectivity index (χ0) is 13.8. The summed E-state index contributed by atoms with van der Waals surface area (Å²) in [4.78, 5) is 0. The van der Waals surface area contributed by atoms with Gasteiger partial charge in [-0.2, -0.15) is 0 Å². The monoisotopic (exact) mass is 272 g/mol. The van der Waals surface area contributed by atoms with Gasteiger partial charge in [-0.15, -0.1) is 0 Å². The van der Waals surface area contributed by atoms with Crippen molar-refractivity contribution in [2.24, 2.45) is 11.8 Å². The highest BCUT2D eigenvalue weighted by atomic mass is 16.3. The fourth-order valence-corrected chi connectivity index (χ4v) is 4.11. The van der Waals surface area contributed by atoms with Crippen LogP contribution in [0.2, 0.25) is 0 Å². The number of fused-ring (bicyclic) bond motifs is 1. The Kier molecular flexibility index (Phi) is 4.45. The Balaban J connectivity index is 1.75. The van der Waals surface area contributed by atoms with E-state index in [2.05, 4.69) is 24.3 Å². The van der Waals surface area contributed by atoms with Gasteiger partial charge in [-0.1, -0.05) is 81.7 Å². The van der Waals surface area contributed by atoms with Crippen molar-refractivity contribution in [2.75, 3.05) is 0 Å². The van der Waals surface area contributed by atoms with Crippen LogP contribution in [0.25, 0.3) is 0 Å². The zero-order valence-electron chi connectivity index (χ0n) is 12.6. The first-order chi connectivity index (χ1) is 9.81. The molecule has 0 amide bonds. The van der Waals surface area contributed by atoms with Crippen LogP contribution in [-0.4, -0.2) is 5.11 Å². The van der Waals surface area contributed by atoms with Gasteiger partial charge < -0.3 is 5.11 Å². The minimum atomic E-state index is -0.550. The predicted molar refractivity (Wildman–Crippen MR) is 83.5 cm³/mol. The van der Waals surface area contributed by atoms with Gasteiger partial charge in [0, 0.05) is 0 Å². The van der Waals surface area contributed by atoms with Crippen molar-refractivity contribution in [1.29, 1.82) is 0 Å².